The lowest BCUT2D eigenvalue weighted by Crippen LogP contribution is -2.48. The summed E-state index contributed by atoms with van der Waals surface area (Å²) in [6.07, 6.45) is 6.05. The molecular formula is C16H28N2O3. The first-order valence-electron chi connectivity index (χ1n) is 8.42. The molecule has 21 heavy (non-hydrogen) atoms. The van der Waals surface area contributed by atoms with Crippen molar-refractivity contribution in [3.63, 3.8) is 0 Å². The first-order valence-corrected chi connectivity index (χ1v) is 8.42. The largest absolute Gasteiger partial charge is 0.376 e. The second-order valence-corrected chi connectivity index (χ2v) is 6.84. The molecule has 0 spiro atoms. The molecule has 3 aliphatic rings. The molecule has 1 amide bonds. The van der Waals surface area contributed by atoms with Gasteiger partial charge in [-0.2, -0.15) is 0 Å². The maximum atomic E-state index is 12.9. The summed E-state index contributed by atoms with van der Waals surface area (Å²) in [5.74, 6) is 0.822. The van der Waals surface area contributed by atoms with Crippen molar-refractivity contribution in [3.8, 4) is 0 Å². The summed E-state index contributed by atoms with van der Waals surface area (Å²) in [5.41, 5.74) is -0.414. The van der Waals surface area contributed by atoms with Crippen molar-refractivity contribution in [3.05, 3.63) is 0 Å². The summed E-state index contributed by atoms with van der Waals surface area (Å²) in [6, 6.07) is 0. The van der Waals surface area contributed by atoms with Crippen LogP contribution >= 0.6 is 0 Å². The molecule has 5 nitrogen and oxygen atoms in total. The van der Waals surface area contributed by atoms with Crippen molar-refractivity contribution < 1.29 is 14.3 Å². The van der Waals surface area contributed by atoms with Crippen LogP contribution in [0.4, 0.5) is 0 Å². The van der Waals surface area contributed by atoms with E-state index in [1.54, 1.807) is 0 Å². The Kier molecular flexibility index (Phi) is 4.52. The van der Waals surface area contributed by atoms with Crippen LogP contribution in [-0.4, -0.2) is 55.0 Å². The van der Waals surface area contributed by atoms with Gasteiger partial charge in [-0.25, -0.2) is 0 Å². The zero-order valence-electron chi connectivity index (χ0n) is 13.3. The Morgan fingerprint density at radius 1 is 1.33 bits per heavy atom. The molecule has 3 unspecified atom stereocenters. The molecule has 3 fully saturated rings. The van der Waals surface area contributed by atoms with Crippen LogP contribution in [-0.2, 0) is 14.3 Å². The van der Waals surface area contributed by atoms with E-state index in [0.29, 0.717) is 32.3 Å². The normalized spacial score (nSPS) is 38.4. The topological polar surface area (TPSA) is 50.8 Å². The number of nitrogens with one attached hydrogen (secondary N) is 1. The van der Waals surface area contributed by atoms with Gasteiger partial charge in [-0.05, 0) is 32.1 Å². The van der Waals surface area contributed by atoms with Crippen molar-refractivity contribution >= 4 is 5.91 Å². The highest BCUT2D eigenvalue weighted by molar-refractivity contribution is 5.88. The van der Waals surface area contributed by atoms with Crippen LogP contribution in [0.25, 0.3) is 0 Å². The van der Waals surface area contributed by atoms with Crippen molar-refractivity contribution in [2.24, 2.45) is 5.92 Å². The molecule has 0 aromatic carbocycles. The van der Waals surface area contributed by atoms with Crippen LogP contribution in [0.3, 0.4) is 0 Å². The van der Waals surface area contributed by atoms with Crippen LogP contribution < -0.4 is 5.32 Å². The molecule has 0 bridgehead atoms. The SMILES string of the molecule is CCC1(C)NC(C2CCCC2)N(CC2COCCO2)C1=O. The van der Waals surface area contributed by atoms with Gasteiger partial charge in [0.2, 0.25) is 5.91 Å². The number of ether oxygens (including phenoxy) is 2. The average molecular weight is 296 g/mol. The summed E-state index contributed by atoms with van der Waals surface area (Å²) in [4.78, 5) is 14.9. The Morgan fingerprint density at radius 2 is 2.10 bits per heavy atom. The molecule has 1 saturated carbocycles. The molecule has 0 aromatic rings. The fourth-order valence-electron chi connectivity index (χ4n) is 3.87. The van der Waals surface area contributed by atoms with Gasteiger partial charge in [0.1, 0.15) is 0 Å². The van der Waals surface area contributed by atoms with Crippen molar-refractivity contribution in [1.82, 2.24) is 10.2 Å². The highest BCUT2D eigenvalue weighted by Gasteiger charge is 2.49. The summed E-state index contributed by atoms with van der Waals surface area (Å²) < 4.78 is 11.2. The van der Waals surface area contributed by atoms with Crippen molar-refractivity contribution in [1.29, 1.82) is 0 Å². The Hall–Kier alpha value is -0.650. The van der Waals surface area contributed by atoms with E-state index in [2.05, 4.69) is 12.2 Å². The zero-order chi connectivity index (χ0) is 14.9. The molecule has 2 saturated heterocycles. The highest BCUT2D eigenvalue weighted by Crippen LogP contribution is 2.35. The van der Waals surface area contributed by atoms with Crippen LogP contribution in [0.5, 0.6) is 0 Å². The minimum Gasteiger partial charge on any atom is -0.376 e. The number of carbonyl (C=O) groups is 1. The first-order chi connectivity index (χ1) is 10.1. The van der Waals surface area contributed by atoms with Gasteiger partial charge in [0.25, 0.3) is 0 Å². The first kappa shape index (κ1) is 15.3. The Balaban J connectivity index is 1.73. The van der Waals surface area contributed by atoms with Gasteiger partial charge >= 0.3 is 0 Å². The van der Waals surface area contributed by atoms with Crippen LogP contribution in [0.2, 0.25) is 0 Å². The summed E-state index contributed by atoms with van der Waals surface area (Å²) >= 11 is 0. The number of hydrogen-bond acceptors (Lipinski definition) is 4. The second-order valence-electron chi connectivity index (χ2n) is 6.84. The Morgan fingerprint density at radius 3 is 2.71 bits per heavy atom. The van der Waals surface area contributed by atoms with Crippen LogP contribution in [0, 0.1) is 5.92 Å². The van der Waals surface area contributed by atoms with E-state index in [9.17, 15) is 4.79 Å². The highest BCUT2D eigenvalue weighted by atomic mass is 16.6. The van der Waals surface area contributed by atoms with E-state index >= 15 is 0 Å². The lowest BCUT2D eigenvalue weighted by molar-refractivity contribution is -0.140. The average Bonchev–Trinajstić information content (AvgIpc) is 3.11. The van der Waals surface area contributed by atoms with E-state index in [-0.39, 0.29) is 18.2 Å². The van der Waals surface area contributed by atoms with Gasteiger partial charge in [0, 0.05) is 0 Å². The molecule has 120 valence electrons. The van der Waals surface area contributed by atoms with Gasteiger partial charge < -0.3 is 14.4 Å². The lowest BCUT2D eigenvalue weighted by atomic mass is 9.99. The Bertz CT molecular complexity index is 378. The fourth-order valence-corrected chi connectivity index (χ4v) is 3.87. The van der Waals surface area contributed by atoms with Crippen LogP contribution in [0.15, 0.2) is 0 Å². The number of nitrogens with zero attached hydrogens (tertiary/aromatic N) is 1. The van der Waals surface area contributed by atoms with Gasteiger partial charge in [-0.1, -0.05) is 19.8 Å². The number of amides is 1. The third-order valence-electron chi connectivity index (χ3n) is 5.37. The maximum absolute atomic E-state index is 12.9. The standard InChI is InChI=1S/C16H28N2O3/c1-3-16(2)15(19)18(10-13-11-20-8-9-21-13)14(17-16)12-6-4-5-7-12/h12-14,17H,3-11H2,1-2H3. The molecule has 1 N–H and O–H groups in total. The summed E-state index contributed by atoms with van der Waals surface area (Å²) in [6.45, 7) is 6.68. The summed E-state index contributed by atoms with van der Waals surface area (Å²) in [7, 11) is 0. The molecular weight excluding hydrogens is 268 g/mol. The van der Waals surface area contributed by atoms with E-state index in [1.165, 1.54) is 25.7 Å². The van der Waals surface area contributed by atoms with Crippen LogP contribution in [0.1, 0.15) is 46.0 Å². The lowest BCUT2D eigenvalue weighted by Gasteiger charge is -2.33. The zero-order valence-corrected chi connectivity index (χ0v) is 13.3. The predicted molar refractivity (Wildman–Crippen MR) is 79.8 cm³/mol. The van der Waals surface area contributed by atoms with E-state index in [0.717, 1.165) is 6.42 Å². The van der Waals surface area contributed by atoms with E-state index in [4.69, 9.17) is 9.47 Å². The molecule has 0 aromatic heterocycles. The molecule has 5 heteroatoms. The number of rotatable bonds is 4. The number of carbonyl (C=O) groups excluding carboxylic acids is 1. The predicted octanol–water partition coefficient (Wildman–Crippen LogP) is 1.52. The van der Waals surface area contributed by atoms with Gasteiger partial charge in [0.15, 0.2) is 0 Å². The third kappa shape index (κ3) is 2.96. The minimum atomic E-state index is -0.414. The molecule has 3 atom stereocenters. The fraction of sp³-hybridized carbons (Fsp3) is 0.938. The third-order valence-corrected chi connectivity index (χ3v) is 5.37. The molecule has 0 radical (unpaired) electrons. The van der Waals surface area contributed by atoms with E-state index in [1.807, 2.05) is 11.8 Å². The number of hydrogen-bond donors (Lipinski definition) is 1. The van der Waals surface area contributed by atoms with Gasteiger partial charge in [-0.15, -0.1) is 0 Å². The molecule has 2 heterocycles. The monoisotopic (exact) mass is 296 g/mol. The van der Waals surface area contributed by atoms with Crippen molar-refractivity contribution in [2.75, 3.05) is 26.4 Å². The van der Waals surface area contributed by atoms with Gasteiger partial charge in [0.05, 0.1) is 44.2 Å². The maximum Gasteiger partial charge on any atom is 0.243 e. The second kappa shape index (κ2) is 6.23. The van der Waals surface area contributed by atoms with Gasteiger partial charge in [-0.3, -0.25) is 10.1 Å². The molecule has 3 rings (SSSR count). The van der Waals surface area contributed by atoms with Crippen molar-refractivity contribution in [2.45, 2.75) is 63.8 Å². The molecule has 2 aliphatic heterocycles. The minimum absolute atomic E-state index is 0.0209. The quantitative estimate of drug-likeness (QED) is 0.854. The van der Waals surface area contributed by atoms with E-state index < -0.39 is 5.54 Å². The molecule has 1 aliphatic carbocycles. The summed E-state index contributed by atoms with van der Waals surface area (Å²) in [5, 5.41) is 3.63. The smallest absolute Gasteiger partial charge is 0.243 e. The Labute approximate surface area is 127 Å².